The third kappa shape index (κ3) is 4.01. The van der Waals surface area contributed by atoms with Gasteiger partial charge in [0, 0.05) is 6.54 Å². The Morgan fingerprint density at radius 3 is 2.50 bits per heavy atom. The third-order valence-corrected chi connectivity index (χ3v) is 2.15. The van der Waals surface area contributed by atoms with Crippen LogP contribution in [0.1, 0.15) is 13.8 Å². The van der Waals surface area contributed by atoms with Gasteiger partial charge in [0.2, 0.25) is 0 Å². The molecule has 70 valence electrons. The fourth-order valence-corrected chi connectivity index (χ4v) is 1.05. The summed E-state index contributed by atoms with van der Waals surface area (Å²) >= 11 is 1.51. The van der Waals surface area contributed by atoms with E-state index in [1.54, 1.807) is 0 Å². The van der Waals surface area contributed by atoms with Gasteiger partial charge in [-0.3, -0.25) is 4.90 Å². The number of likely N-dealkylation sites (N-methyl/N-ethyl adjacent to an activating group) is 1. The van der Waals surface area contributed by atoms with E-state index in [1.807, 2.05) is 32.1 Å². The average molecular weight is 187 g/mol. The predicted molar refractivity (Wildman–Crippen MR) is 55.1 cm³/mol. The molecule has 2 nitrogen and oxygen atoms in total. The molecule has 3 heteroatoms. The molecule has 0 aromatic carbocycles. The molecule has 0 atom stereocenters. The molecule has 1 N–H and O–H groups in total. The molecular weight excluding hydrogens is 170 g/mol. The van der Waals surface area contributed by atoms with Gasteiger partial charge in [0.15, 0.2) is 0 Å². The highest BCUT2D eigenvalue weighted by Crippen LogP contribution is 2.10. The van der Waals surface area contributed by atoms with Crippen LogP contribution < -0.4 is 0 Å². The van der Waals surface area contributed by atoms with Crippen LogP contribution in [0.25, 0.3) is 0 Å². The van der Waals surface area contributed by atoms with Gasteiger partial charge in [0.05, 0.1) is 12.1 Å². The van der Waals surface area contributed by atoms with E-state index in [0.717, 1.165) is 0 Å². The first-order chi connectivity index (χ1) is 5.54. The molecule has 0 aliphatic carbocycles. The Balaban J connectivity index is 4.17. The van der Waals surface area contributed by atoms with Gasteiger partial charge in [0.1, 0.15) is 0 Å². The molecule has 0 fully saturated rings. The standard InChI is InChI=1S/C9H17NOS/c1-9(2,5-8-12-4)10(3)6-7-11/h11H,6-7H2,1-4H3. The molecule has 0 saturated carbocycles. The van der Waals surface area contributed by atoms with Crippen molar-refractivity contribution in [2.75, 3.05) is 26.5 Å². The van der Waals surface area contributed by atoms with Crippen molar-refractivity contribution in [1.82, 2.24) is 4.90 Å². The number of rotatable bonds is 3. The number of nitrogens with zero attached hydrogens (tertiary/aromatic N) is 1. The zero-order valence-corrected chi connectivity index (χ0v) is 9.03. The predicted octanol–water partition coefficient (Wildman–Crippen LogP) is 1.01. The Labute approximate surface area is 79.3 Å². The number of thioether (sulfide) groups is 1. The Morgan fingerprint density at radius 2 is 2.08 bits per heavy atom. The van der Waals surface area contributed by atoms with Gasteiger partial charge < -0.3 is 5.11 Å². The molecule has 0 aliphatic heterocycles. The lowest BCUT2D eigenvalue weighted by Crippen LogP contribution is -2.41. The minimum Gasteiger partial charge on any atom is -0.395 e. The van der Waals surface area contributed by atoms with E-state index in [4.69, 9.17) is 5.11 Å². The van der Waals surface area contributed by atoms with Crippen molar-refractivity contribution < 1.29 is 5.11 Å². The van der Waals surface area contributed by atoms with Gasteiger partial charge in [0.25, 0.3) is 0 Å². The van der Waals surface area contributed by atoms with E-state index in [-0.39, 0.29) is 12.1 Å². The first-order valence-corrected chi connectivity index (χ1v) is 5.14. The maximum atomic E-state index is 8.73. The number of β-amino-alcohol motifs (C(OH)–C–C–N with tert-alkyl or cyclic N) is 1. The summed E-state index contributed by atoms with van der Waals surface area (Å²) in [5, 5.41) is 11.7. The topological polar surface area (TPSA) is 23.5 Å². The summed E-state index contributed by atoms with van der Waals surface area (Å²) in [5.74, 6) is 3.12. The van der Waals surface area contributed by atoms with Crippen LogP contribution in [0.4, 0.5) is 0 Å². The lowest BCUT2D eigenvalue weighted by Gasteiger charge is -2.29. The van der Waals surface area contributed by atoms with Crippen molar-refractivity contribution >= 4 is 11.8 Å². The number of aliphatic hydroxyl groups excluding tert-OH is 1. The van der Waals surface area contributed by atoms with Crippen LogP contribution in [0.2, 0.25) is 0 Å². The van der Waals surface area contributed by atoms with E-state index in [2.05, 4.69) is 11.2 Å². The van der Waals surface area contributed by atoms with Crippen LogP contribution in [0.5, 0.6) is 0 Å². The highest BCUT2D eigenvalue weighted by molar-refractivity contribution is 8.03. The number of aliphatic hydroxyl groups is 1. The highest BCUT2D eigenvalue weighted by Gasteiger charge is 2.19. The summed E-state index contributed by atoms with van der Waals surface area (Å²) in [6.45, 7) is 4.94. The molecular formula is C9H17NOS. The second-order valence-corrected chi connectivity index (χ2v) is 3.75. The fourth-order valence-electron chi connectivity index (χ4n) is 0.701. The minimum absolute atomic E-state index is 0.147. The molecule has 0 bridgehead atoms. The van der Waals surface area contributed by atoms with Crippen molar-refractivity contribution in [3.8, 4) is 11.2 Å². The van der Waals surface area contributed by atoms with Crippen LogP contribution in [-0.2, 0) is 0 Å². The third-order valence-electron chi connectivity index (χ3n) is 1.85. The van der Waals surface area contributed by atoms with Crippen molar-refractivity contribution in [3.05, 3.63) is 0 Å². The van der Waals surface area contributed by atoms with E-state index in [9.17, 15) is 0 Å². The number of hydrogen-bond acceptors (Lipinski definition) is 3. The zero-order chi connectivity index (χ0) is 9.61. The summed E-state index contributed by atoms with van der Waals surface area (Å²) in [4.78, 5) is 2.04. The Hall–Kier alpha value is -0.170. The van der Waals surface area contributed by atoms with E-state index in [1.165, 1.54) is 11.8 Å². The van der Waals surface area contributed by atoms with Gasteiger partial charge in [-0.05, 0) is 32.4 Å². The maximum Gasteiger partial charge on any atom is 0.0776 e. The van der Waals surface area contributed by atoms with E-state index >= 15 is 0 Å². The average Bonchev–Trinajstić information content (AvgIpc) is 2.01. The molecule has 0 aliphatic rings. The van der Waals surface area contributed by atoms with Crippen LogP contribution in [-0.4, -0.2) is 42.0 Å². The molecule has 0 aromatic rings. The van der Waals surface area contributed by atoms with Crippen molar-refractivity contribution in [2.45, 2.75) is 19.4 Å². The molecule has 12 heavy (non-hydrogen) atoms. The van der Waals surface area contributed by atoms with Crippen LogP contribution in [0.3, 0.4) is 0 Å². The summed E-state index contributed by atoms with van der Waals surface area (Å²) in [6.07, 6.45) is 1.95. The lowest BCUT2D eigenvalue weighted by atomic mass is 10.1. The van der Waals surface area contributed by atoms with Gasteiger partial charge in [-0.15, -0.1) is 0 Å². The summed E-state index contributed by atoms with van der Waals surface area (Å²) in [6, 6.07) is 0. The van der Waals surface area contributed by atoms with Gasteiger partial charge in [-0.25, -0.2) is 0 Å². The monoisotopic (exact) mass is 187 g/mol. The van der Waals surface area contributed by atoms with Crippen molar-refractivity contribution in [3.63, 3.8) is 0 Å². The molecule has 0 saturated heterocycles. The second-order valence-electron chi connectivity index (χ2n) is 3.14. The summed E-state index contributed by atoms with van der Waals surface area (Å²) < 4.78 is 0. The van der Waals surface area contributed by atoms with E-state index < -0.39 is 0 Å². The molecule has 0 amide bonds. The van der Waals surface area contributed by atoms with Crippen LogP contribution in [0.15, 0.2) is 0 Å². The molecule has 0 spiro atoms. The molecule has 0 aromatic heterocycles. The SMILES string of the molecule is CSC#CC(C)(C)N(C)CCO. The fraction of sp³-hybridized carbons (Fsp3) is 0.778. The molecule has 0 radical (unpaired) electrons. The smallest absolute Gasteiger partial charge is 0.0776 e. The normalized spacial score (nSPS) is 11.2. The quantitative estimate of drug-likeness (QED) is 0.667. The lowest BCUT2D eigenvalue weighted by molar-refractivity contribution is 0.162. The first kappa shape index (κ1) is 11.8. The minimum atomic E-state index is -0.147. The summed E-state index contributed by atoms with van der Waals surface area (Å²) in [5.41, 5.74) is -0.147. The van der Waals surface area contributed by atoms with Crippen LogP contribution in [0, 0.1) is 11.2 Å². The van der Waals surface area contributed by atoms with Crippen LogP contribution >= 0.6 is 11.8 Å². The Morgan fingerprint density at radius 1 is 1.50 bits per heavy atom. The Kier molecular flexibility index (Phi) is 5.39. The second kappa shape index (κ2) is 5.47. The van der Waals surface area contributed by atoms with Gasteiger partial charge in [-0.2, -0.15) is 0 Å². The molecule has 0 unspecified atom stereocenters. The zero-order valence-electron chi connectivity index (χ0n) is 8.22. The van der Waals surface area contributed by atoms with Gasteiger partial charge >= 0.3 is 0 Å². The number of hydrogen-bond donors (Lipinski definition) is 1. The maximum absolute atomic E-state index is 8.73. The van der Waals surface area contributed by atoms with Gasteiger partial charge in [-0.1, -0.05) is 17.7 Å². The van der Waals surface area contributed by atoms with E-state index in [0.29, 0.717) is 6.54 Å². The first-order valence-electron chi connectivity index (χ1n) is 3.92. The van der Waals surface area contributed by atoms with Crippen molar-refractivity contribution in [2.24, 2.45) is 0 Å². The highest BCUT2D eigenvalue weighted by atomic mass is 32.2. The Bertz CT molecular complexity index is 181. The molecule has 0 heterocycles. The van der Waals surface area contributed by atoms with Crippen molar-refractivity contribution in [1.29, 1.82) is 0 Å². The summed E-state index contributed by atoms with van der Waals surface area (Å²) in [7, 11) is 1.96. The largest absolute Gasteiger partial charge is 0.395 e. The molecule has 0 rings (SSSR count).